The zero-order valence-electron chi connectivity index (χ0n) is 17.6. The molecule has 0 aliphatic carbocycles. The van der Waals surface area contributed by atoms with Crippen LogP contribution in [0.2, 0.25) is 0 Å². The highest BCUT2D eigenvalue weighted by Crippen LogP contribution is 2.33. The lowest BCUT2D eigenvalue weighted by molar-refractivity contribution is -0.152. The molecule has 1 atom stereocenters. The molecule has 0 aliphatic heterocycles. The van der Waals surface area contributed by atoms with Crippen LogP contribution in [0.3, 0.4) is 0 Å². The average molecular weight is 345 g/mol. The van der Waals surface area contributed by atoms with E-state index in [2.05, 4.69) is 41.5 Å². The monoisotopic (exact) mass is 344 g/mol. The highest BCUT2D eigenvalue weighted by Gasteiger charge is 2.33. The van der Waals surface area contributed by atoms with Gasteiger partial charge in [0.1, 0.15) is 0 Å². The number of methoxy groups -OCH3 is 1. The minimum absolute atomic E-state index is 0.127. The lowest BCUT2D eigenvalue weighted by Crippen LogP contribution is -2.30. The van der Waals surface area contributed by atoms with E-state index in [4.69, 9.17) is 9.84 Å². The van der Waals surface area contributed by atoms with Gasteiger partial charge in [0.25, 0.3) is 0 Å². The molecule has 1 N–H and O–H groups in total. The molecule has 4 nitrogen and oxygen atoms in total. The summed E-state index contributed by atoms with van der Waals surface area (Å²) in [5, 5.41) is 8.61. The number of carbonyl (C=O) groups excluding carboxylic acids is 1. The molecular formula is C20H40O4. The summed E-state index contributed by atoms with van der Waals surface area (Å²) in [5.41, 5.74) is 0.128. The molecule has 0 rings (SSSR count). The second kappa shape index (κ2) is 10.0. The van der Waals surface area contributed by atoms with E-state index in [-0.39, 0.29) is 22.7 Å². The Morgan fingerprint density at radius 2 is 1.42 bits per heavy atom. The topological polar surface area (TPSA) is 63.6 Å². The molecule has 144 valence electrons. The van der Waals surface area contributed by atoms with Gasteiger partial charge in [0, 0.05) is 0 Å². The molecule has 0 aromatic heterocycles. The highest BCUT2D eigenvalue weighted by atomic mass is 16.5. The first-order chi connectivity index (χ1) is 10.5. The van der Waals surface area contributed by atoms with Gasteiger partial charge in [-0.2, -0.15) is 0 Å². The highest BCUT2D eigenvalue weighted by molar-refractivity contribution is 5.75. The van der Waals surface area contributed by atoms with Crippen molar-refractivity contribution in [2.45, 2.75) is 88.0 Å². The fraction of sp³-hybridized carbons (Fsp3) is 0.900. The van der Waals surface area contributed by atoms with Crippen LogP contribution in [0.25, 0.3) is 0 Å². The number of hydrogen-bond acceptors (Lipinski definition) is 3. The summed E-state index contributed by atoms with van der Waals surface area (Å²) in [7, 11) is 1.44. The number of carboxylic acids is 1. The zero-order chi connectivity index (χ0) is 19.8. The second-order valence-corrected chi connectivity index (χ2v) is 9.81. The lowest BCUT2D eigenvalue weighted by atomic mass is 9.76. The Hall–Kier alpha value is -1.06. The van der Waals surface area contributed by atoms with Gasteiger partial charge in [-0.25, -0.2) is 0 Å². The number of rotatable bonds is 6. The van der Waals surface area contributed by atoms with Crippen molar-refractivity contribution in [1.29, 1.82) is 0 Å². The molecule has 0 saturated heterocycles. The Balaban J connectivity index is 0. The minimum Gasteiger partial charge on any atom is -0.481 e. The third-order valence-corrected chi connectivity index (χ3v) is 3.70. The largest absolute Gasteiger partial charge is 0.481 e. The van der Waals surface area contributed by atoms with Gasteiger partial charge in [0.15, 0.2) is 0 Å². The smallest absolute Gasteiger partial charge is 0.311 e. The van der Waals surface area contributed by atoms with Crippen LogP contribution in [0.5, 0.6) is 0 Å². The van der Waals surface area contributed by atoms with Crippen molar-refractivity contribution in [3.05, 3.63) is 0 Å². The van der Waals surface area contributed by atoms with Gasteiger partial charge < -0.3 is 9.84 Å². The van der Waals surface area contributed by atoms with E-state index >= 15 is 0 Å². The van der Waals surface area contributed by atoms with Crippen LogP contribution < -0.4 is 0 Å². The van der Waals surface area contributed by atoms with E-state index in [0.29, 0.717) is 5.41 Å². The predicted molar refractivity (Wildman–Crippen MR) is 100.0 cm³/mol. The van der Waals surface area contributed by atoms with Crippen molar-refractivity contribution < 1.29 is 19.4 Å². The molecule has 4 heteroatoms. The maximum absolute atomic E-state index is 11.3. The molecule has 0 aromatic rings. The molecule has 0 heterocycles. The van der Waals surface area contributed by atoms with Crippen molar-refractivity contribution >= 4 is 11.9 Å². The van der Waals surface area contributed by atoms with Gasteiger partial charge in [-0.05, 0) is 43.9 Å². The van der Waals surface area contributed by atoms with E-state index in [9.17, 15) is 9.59 Å². The maximum atomic E-state index is 11.3. The Morgan fingerprint density at radius 3 is 1.71 bits per heavy atom. The van der Waals surface area contributed by atoms with Gasteiger partial charge in [0.2, 0.25) is 0 Å². The van der Waals surface area contributed by atoms with E-state index in [1.807, 2.05) is 13.8 Å². The van der Waals surface area contributed by atoms with Crippen LogP contribution in [0, 0.1) is 22.2 Å². The maximum Gasteiger partial charge on any atom is 0.311 e. The molecule has 0 radical (unpaired) electrons. The molecule has 0 saturated carbocycles. The van der Waals surface area contributed by atoms with Crippen molar-refractivity contribution in [2.75, 3.05) is 7.11 Å². The van der Waals surface area contributed by atoms with Gasteiger partial charge in [-0.3, -0.25) is 9.59 Å². The summed E-state index contributed by atoms with van der Waals surface area (Å²) < 4.78 is 4.72. The quantitative estimate of drug-likeness (QED) is 0.642. The molecule has 0 aliphatic rings. The van der Waals surface area contributed by atoms with Gasteiger partial charge in [-0.15, -0.1) is 0 Å². The van der Waals surface area contributed by atoms with Crippen molar-refractivity contribution in [3.8, 4) is 0 Å². The third kappa shape index (κ3) is 14.5. The Morgan fingerprint density at radius 1 is 0.958 bits per heavy atom. The van der Waals surface area contributed by atoms with Crippen molar-refractivity contribution in [1.82, 2.24) is 0 Å². The third-order valence-electron chi connectivity index (χ3n) is 3.70. The van der Waals surface area contributed by atoms with E-state index < -0.39 is 5.97 Å². The first kappa shape index (κ1) is 25.2. The Labute approximate surface area is 149 Å². The Kier molecular flexibility index (Phi) is 10.5. The summed E-state index contributed by atoms with van der Waals surface area (Å²) >= 11 is 0. The average Bonchev–Trinajstić information content (AvgIpc) is 2.33. The van der Waals surface area contributed by atoms with Gasteiger partial charge in [0.05, 0.1) is 18.4 Å². The standard InChI is InChI=1S/2C10H20O2/c1-9(2,3)7-10(4,5)8(11)12-6;1-8(9(11)12)6-5-7-10(2,3)4/h7H2,1-6H3;8H,5-7H2,1-4H3,(H,11,12). The molecule has 0 bridgehead atoms. The molecule has 0 amide bonds. The fourth-order valence-electron chi connectivity index (χ4n) is 2.74. The first-order valence-electron chi connectivity index (χ1n) is 8.83. The summed E-state index contributed by atoms with van der Waals surface area (Å²) in [6.07, 6.45) is 3.75. The fourth-order valence-corrected chi connectivity index (χ4v) is 2.74. The van der Waals surface area contributed by atoms with Crippen LogP contribution in [-0.2, 0) is 14.3 Å². The lowest BCUT2D eigenvalue weighted by Gasteiger charge is -2.29. The predicted octanol–water partition coefficient (Wildman–Crippen LogP) is 5.55. The van der Waals surface area contributed by atoms with Crippen molar-refractivity contribution in [3.63, 3.8) is 0 Å². The van der Waals surface area contributed by atoms with Crippen LogP contribution >= 0.6 is 0 Å². The number of carbonyl (C=O) groups is 2. The number of esters is 1. The number of ether oxygens (including phenoxy) is 1. The van der Waals surface area contributed by atoms with Crippen LogP contribution in [0.4, 0.5) is 0 Å². The van der Waals surface area contributed by atoms with Crippen LogP contribution in [0.15, 0.2) is 0 Å². The zero-order valence-corrected chi connectivity index (χ0v) is 17.6. The van der Waals surface area contributed by atoms with Crippen LogP contribution in [-0.4, -0.2) is 24.2 Å². The van der Waals surface area contributed by atoms with E-state index in [1.165, 1.54) is 7.11 Å². The number of aliphatic carboxylic acids is 1. The number of hydrogen-bond donors (Lipinski definition) is 1. The van der Waals surface area contributed by atoms with Gasteiger partial charge in [-0.1, -0.05) is 54.9 Å². The molecule has 1 unspecified atom stereocenters. The Bertz CT molecular complexity index is 383. The van der Waals surface area contributed by atoms with Crippen LogP contribution in [0.1, 0.15) is 88.0 Å². The summed E-state index contributed by atoms with van der Waals surface area (Å²) in [4.78, 5) is 21.7. The van der Waals surface area contributed by atoms with Crippen molar-refractivity contribution in [2.24, 2.45) is 22.2 Å². The summed E-state index contributed by atoms with van der Waals surface area (Å²) in [6.45, 7) is 18.5. The first-order valence-corrected chi connectivity index (χ1v) is 8.83. The van der Waals surface area contributed by atoms with E-state index in [1.54, 1.807) is 6.92 Å². The SMILES string of the molecule is CC(CCCC(C)(C)C)C(=O)O.COC(=O)C(C)(C)CC(C)(C)C. The van der Waals surface area contributed by atoms with E-state index in [0.717, 1.165) is 25.7 Å². The second-order valence-electron chi connectivity index (χ2n) is 9.81. The molecular weight excluding hydrogens is 304 g/mol. The molecule has 0 aromatic carbocycles. The minimum atomic E-state index is -0.677. The molecule has 0 spiro atoms. The summed E-state index contributed by atoms with van der Waals surface area (Å²) in [6, 6.07) is 0. The van der Waals surface area contributed by atoms with Gasteiger partial charge >= 0.3 is 11.9 Å². The summed E-state index contributed by atoms with van der Waals surface area (Å²) in [5.74, 6) is -0.992. The normalized spacial score (nSPS) is 13.6. The molecule has 24 heavy (non-hydrogen) atoms. The number of carboxylic acid groups (broad SMARTS) is 1. The molecule has 0 fully saturated rings.